The maximum absolute atomic E-state index is 10.4. The highest BCUT2D eigenvalue weighted by Crippen LogP contribution is 2.26. The molecule has 1 aromatic rings. The molecule has 100 valence electrons. The highest BCUT2D eigenvalue weighted by Gasteiger charge is 2.39. The zero-order valence-corrected chi connectivity index (χ0v) is 10.9. The van der Waals surface area contributed by atoms with Gasteiger partial charge in [-0.3, -0.25) is 0 Å². The van der Waals surface area contributed by atoms with Crippen molar-refractivity contribution in [3.05, 3.63) is 18.3 Å². The fourth-order valence-electron chi connectivity index (χ4n) is 2.08. The molecule has 2 unspecified atom stereocenters. The van der Waals surface area contributed by atoms with Crippen LogP contribution in [0.25, 0.3) is 0 Å². The van der Waals surface area contributed by atoms with Crippen LogP contribution in [-0.4, -0.2) is 41.5 Å². The number of aliphatic hydroxyl groups is 1. The van der Waals surface area contributed by atoms with Gasteiger partial charge in [-0.1, -0.05) is 0 Å². The van der Waals surface area contributed by atoms with Crippen molar-refractivity contribution in [2.75, 3.05) is 30.3 Å². The summed E-state index contributed by atoms with van der Waals surface area (Å²) in [5.74, 6) is 0.838. The van der Waals surface area contributed by atoms with Crippen LogP contribution in [0.2, 0.25) is 0 Å². The monoisotopic (exact) mass is 251 g/mol. The summed E-state index contributed by atoms with van der Waals surface area (Å²) >= 11 is 0. The number of ether oxygens (including phenoxy) is 1. The first kappa shape index (κ1) is 13.1. The molecule has 1 aliphatic rings. The van der Waals surface area contributed by atoms with Gasteiger partial charge in [-0.05, 0) is 19.9 Å². The summed E-state index contributed by atoms with van der Waals surface area (Å²) < 4.78 is 5.40. The predicted octanol–water partition coefficient (Wildman–Crippen LogP) is 1.47. The minimum Gasteiger partial charge on any atom is -0.385 e. The van der Waals surface area contributed by atoms with Crippen molar-refractivity contribution in [1.82, 2.24) is 4.98 Å². The molecule has 5 heteroatoms. The number of anilines is 2. The minimum absolute atomic E-state index is 0.125. The van der Waals surface area contributed by atoms with Gasteiger partial charge in [0.25, 0.3) is 0 Å². The number of pyridine rings is 1. The van der Waals surface area contributed by atoms with Crippen molar-refractivity contribution in [2.24, 2.45) is 0 Å². The Labute approximate surface area is 108 Å². The summed E-state index contributed by atoms with van der Waals surface area (Å²) in [6, 6.07) is 3.83. The standard InChI is InChI=1S/C13H21N3O2/c1-3-14-12-8-11(4-6-15-12)16-9-13(17)5-7-18-10(13)2/h4,6,8,10,17H,3,5,7,9H2,1-2H3,(H2,14,15,16). The number of aromatic nitrogens is 1. The van der Waals surface area contributed by atoms with Gasteiger partial charge in [-0.15, -0.1) is 0 Å². The molecule has 1 fully saturated rings. The second-order valence-electron chi connectivity index (χ2n) is 4.68. The maximum atomic E-state index is 10.4. The SMILES string of the molecule is CCNc1cc(NCC2(O)CCOC2C)ccn1. The summed E-state index contributed by atoms with van der Waals surface area (Å²) in [5, 5.41) is 16.8. The van der Waals surface area contributed by atoms with Crippen LogP contribution in [0.15, 0.2) is 18.3 Å². The zero-order chi connectivity index (χ0) is 13.0. The summed E-state index contributed by atoms with van der Waals surface area (Å²) in [6.07, 6.45) is 2.30. The molecule has 2 heterocycles. The van der Waals surface area contributed by atoms with Gasteiger partial charge < -0.3 is 20.5 Å². The van der Waals surface area contributed by atoms with Crippen LogP contribution in [-0.2, 0) is 4.74 Å². The van der Waals surface area contributed by atoms with Crippen molar-refractivity contribution < 1.29 is 9.84 Å². The average Bonchev–Trinajstić information content (AvgIpc) is 2.69. The second-order valence-corrected chi connectivity index (χ2v) is 4.68. The number of nitrogens with zero attached hydrogens (tertiary/aromatic N) is 1. The number of hydrogen-bond acceptors (Lipinski definition) is 5. The Morgan fingerprint density at radius 3 is 3.06 bits per heavy atom. The lowest BCUT2D eigenvalue weighted by Gasteiger charge is -2.26. The fraction of sp³-hybridized carbons (Fsp3) is 0.615. The molecule has 0 aromatic carbocycles. The first-order chi connectivity index (χ1) is 8.64. The van der Waals surface area contributed by atoms with E-state index in [4.69, 9.17) is 4.74 Å². The van der Waals surface area contributed by atoms with Crippen LogP contribution < -0.4 is 10.6 Å². The Bertz CT molecular complexity index is 400. The van der Waals surface area contributed by atoms with E-state index in [0.717, 1.165) is 18.1 Å². The average molecular weight is 251 g/mol. The maximum Gasteiger partial charge on any atom is 0.127 e. The van der Waals surface area contributed by atoms with Gasteiger partial charge in [0.2, 0.25) is 0 Å². The van der Waals surface area contributed by atoms with Crippen molar-refractivity contribution in [3.63, 3.8) is 0 Å². The number of nitrogens with one attached hydrogen (secondary N) is 2. The topological polar surface area (TPSA) is 66.4 Å². The quantitative estimate of drug-likeness (QED) is 0.739. The van der Waals surface area contributed by atoms with Crippen molar-refractivity contribution >= 4 is 11.5 Å². The molecule has 1 saturated heterocycles. The normalized spacial score (nSPS) is 27.2. The molecule has 5 nitrogen and oxygen atoms in total. The van der Waals surface area contributed by atoms with E-state index in [1.807, 2.05) is 26.0 Å². The van der Waals surface area contributed by atoms with Gasteiger partial charge in [0.1, 0.15) is 11.4 Å². The van der Waals surface area contributed by atoms with Crippen molar-refractivity contribution in [1.29, 1.82) is 0 Å². The van der Waals surface area contributed by atoms with Gasteiger partial charge in [-0.25, -0.2) is 4.98 Å². The first-order valence-electron chi connectivity index (χ1n) is 6.42. The lowest BCUT2D eigenvalue weighted by molar-refractivity contribution is -0.0175. The summed E-state index contributed by atoms with van der Waals surface area (Å²) in [4.78, 5) is 4.20. The summed E-state index contributed by atoms with van der Waals surface area (Å²) in [5.41, 5.74) is 0.176. The third-order valence-corrected chi connectivity index (χ3v) is 3.38. The largest absolute Gasteiger partial charge is 0.385 e. The number of hydrogen-bond donors (Lipinski definition) is 3. The van der Waals surface area contributed by atoms with Gasteiger partial charge in [0.15, 0.2) is 0 Å². The molecular weight excluding hydrogens is 230 g/mol. The Morgan fingerprint density at radius 1 is 1.56 bits per heavy atom. The lowest BCUT2D eigenvalue weighted by atomic mass is 9.96. The van der Waals surface area contributed by atoms with Crippen molar-refractivity contribution in [3.8, 4) is 0 Å². The van der Waals surface area contributed by atoms with E-state index in [-0.39, 0.29) is 6.10 Å². The predicted molar refractivity (Wildman–Crippen MR) is 71.9 cm³/mol. The van der Waals surface area contributed by atoms with Crippen LogP contribution in [0, 0.1) is 0 Å². The van der Waals surface area contributed by atoms with Gasteiger partial charge in [-0.2, -0.15) is 0 Å². The van der Waals surface area contributed by atoms with E-state index in [1.165, 1.54) is 0 Å². The smallest absolute Gasteiger partial charge is 0.127 e. The van der Waals surface area contributed by atoms with Crippen LogP contribution >= 0.6 is 0 Å². The molecular formula is C13H21N3O2. The third kappa shape index (κ3) is 2.91. The zero-order valence-electron chi connectivity index (χ0n) is 10.9. The van der Waals surface area contributed by atoms with Crippen LogP contribution in [0.4, 0.5) is 11.5 Å². The molecule has 2 rings (SSSR count). The van der Waals surface area contributed by atoms with E-state index in [0.29, 0.717) is 19.6 Å². The van der Waals surface area contributed by atoms with Crippen LogP contribution in [0.3, 0.4) is 0 Å². The lowest BCUT2D eigenvalue weighted by Crippen LogP contribution is -2.43. The Hall–Kier alpha value is -1.33. The molecule has 0 spiro atoms. The highest BCUT2D eigenvalue weighted by molar-refractivity contribution is 5.52. The third-order valence-electron chi connectivity index (χ3n) is 3.38. The van der Waals surface area contributed by atoms with E-state index >= 15 is 0 Å². The highest BCUT2D eigenvalue weighted by atomic mass is 16.5. The molecule has 0 bridgehead atoms. The fourth-order valence-corrected chi connectivity index (χ4v) is 2.08. The first-order valence-corrected chi connectivity index (χ1v) is 6.42. The minimum atomic E-state index is -0.776. The van der Waals surface area contributed by atoms with Crippen LogP contribution in [0.1, 0.15) is 20.3 Å². The van der Waals surface area contributed by atoms with E-state index in [1.54, 1.807) is 6.20 Å². The Kier molecular flexibility index (Phi) is 4.04. The van der Waals surface area contributed by atoms with Gasteiger partial charge >= 0.3 is 0 Å². The van der Waals surface area contributed by atoms with E-state index in [9.17, 15) is 5.11 Å². The molecule has 3 N–H and O–H groups in total. The van der Waals surface area contributed by atoms with Crippen molar-refractivity contribution in [2.45, 2.75) is 32.0 Å². The molecule has 0 aliphatic carbocycles. The second kappa shape index (κ2) is 5.54. The molecule has 0 saturated carbocycles. The number of rotatable bonds is 5. The summed E-state index contributed by atoms with van der Waals surface area (Å²) in [7, 11) is 0. The molecule has 2 atom stereocenters. The van der Waals surface area contributed by atoms with E-state index in [2.05, 4.69) is 15.6 Å². The molecule has 1 aromatic heterocycles. The Morgan fingerprint density at radius 2 is 2.39 bits per heavy atom. The molecule has 0 radical (unpaired) electrons. The summed E-state index contributed by atoms with van der Waals surface area (Å²) in [6.45, 7) is 5.89. The molecule has 18 heavy (non-hydrogen) atoms. The Balaban J connectivity index is 1.95. The van der Waals surface area contributed by atoms with Gasteiger partial charge in [0, 0.05) is 44.1 Å². The molecule has 1 aliphatic heterocycles. The van der Waals surface area contributed by atoms with Crippen LogP contribution in [0.5, 0.6) is 0 Å². The molecule has 0 amide bonds. The van der Waals surface area contributed by atoms with Gasteiger partial charge in [0.05, 0.1) is 6.10 Å². The van der Waals surface area contributed by atoms with E-state index < -0.39 is 5.60 Å².